The zero-order valence-electron chi connectivity index (χ0n) is 15.0. The smallest absolute Gasteiger partial charge is 0.316 e. The van der Waals surface area contributed by atoms with Crippen LogP contribution in [0.5, 0.6) is 0 Å². The van der Waals surface area contributed by atoms with Crippen molar-refractivity contribution >= 4 is 6.03 Å². The van der Waals surface area contributed by atoms with Crippen LogP contribution < -0.4 is 10.6 Å². The van der Waals surface area contributed by atoms with Crippen molar-refractivity contribution in [2.45, 2.75) is 19.0 Å². The Morgan fingerprint density at radius 2 is 1.59 bits per heavy atom. The first-order chi connectivity index (χ1) is 13.0. The van der Waals surface area contributed by atoms with Crippen molar-refractivity contribution < 1.29 is 13.6 Å². The number of urea groups is 1. The van der Waals surface area contributed by atoms with Crippen LogP contribution in [0.2, 0.25) is 0 Å². The first-order valence-corrected chi connectivity index (χ1v) is 8.50. The highest BCUT2D eigenvalue weighted by Gasteiger charge is 2.24. The van der Waals surface area contributed by atoms with Gasteiger partial charge in [-0.05, 0) is 19.1 Å². The molecule has 2 N–H and O–H groups in total. The normalized spacial score (nSPS) is 13.0. The van der Waals surface area contributed by atoms with Gasteiger partial charge < -0.3 is 15.2 Å². The van der Waals surface area contributed by atoms with Gasteiger partial charge in [-0.25, -0.2) is 18.6 Å². The number of amides is 2. The van der Waals surface area contributed by atoms with Crippen molar-refractivity contribution in [1.29, 1.82) is 0 Å². The van der Waals surface area contributed by atoms with Crippen molar-refractivity contribution in [3.05, 3.63) is 89.5 Å². The Morgan fingerprint density at radius 3 is 2.15 bits per heavy atom. The Bertz CT molecular complexity index is 941. The third-order valence-corrected chi connectivity index (χ3v) is 4.33. The molecule has 7 heteroatoms. The number of nitrogens with one attached hydrogen (secondary N) is 2. The number of hydrogen-bond donors (Lipinski definition) is 2. The molecule has 0 saturated heterocycles. The summed E-state index contributed by atoms with van der Waals surface area (Å²) >= 11 is 0. The summed E-state index contributed by atoms with van der Waals surface area (Å²) in [5, 5.41) is 5.43. The van der Waals surface area contributed by atoms with E-state index in [-0.39, 0.29) is 0 Å². The van der Waals surface area contributed by atoms with Gasteiger partial charge in [-0.3, -0.25) is 0 Å². The Labute approximate surface area is 156 Å². The Balaban J connectivity index is 1.82. The molecule has 0 spiro atoms. The summed E-state index contributed by atoms with van der Waals surface area (Å²) in [4.78, 5) is 16.8. The molecule has 2 aromatic carbocycles. The van der Waals surface area contributed by atoms with E-state index < -0.39 is 29.7 Å². The van der Waals surface area contributed by atoms with Crippen LogP contribution in [0.25, 0.3) is 0 Å². The van der Waals surface area contributed by atoms with Crippen LogP contribution in [0.15, 0.2) is 60.9 Å². The van der Waals surface area contributed by atoms with Crippen LogP contribution in [0.3, 0.4) is 0 Å². The number of imidazole rings is 1. The zero-order chi connectivity index (χ0) is 19.4. The van der Waals surface area contributed by atoms with Gasteiger partial charge in [-0.15, -0.1) is 0 Å². The quantitative estimate of drug-likeness (QED) is 0.717. The van der Waals surface area contributed by atoms with E-state index in [9.17, 15) is 13.6 Å². The van der Waals surface area contributed by atoms with Gasteiger partial charge in [-0.1, -0.05) is 36.4 Å². The molecule has 0 aliphatic carbocycles. The van der Waals surface area contributed by atoms with Crippen molar-refractivity contribution in [3.8, 4) is 0 Å². The maximum atomic E-state index is 14.3. The number of hydrogen-bond acceptors (Lipinski definition) is 2. The minimum atomic E-state index is -0.793. The molecule has 0 fully saturated rings. The van der Waals surface area contributed by atoms with Gasteiger partial charge in [0.15, 0.2) is 0 Å². The maximum absolute atomic E-state index is 14.3. The average Bonchev–Trinajstić information content (AvgIpc) is 3.06. The van der Waals surface area contributed by atoms with E-state index in [1.807, 2.05) is 0 Å². The molecule has 5 nitrogen and oxygen atoms in total. The monoisotopic (exact) mass is 370 g/mol. The predicted molar refractivity (Wildman–Crippen MR) is 97.9 cm³/mol. The first-order valence-electron chi connectivity index (χ1n) is 8.50. The Hall–Kier alpha value is -3.22. The van der Waals surface area contributed by atoms with E-state index in [4.69, 9.17) is 0 Å². The Morgan fingerprint density at radius 1 is 1.00 bits per heavy atom. The Kier molecular flexibility index (Phi) is 5.49. The van der Waals surface area contributed by atoms with Gasteiger partial charge in [0.25, 0.3) is 0 Å². The molecule has 3 rings (SSSR count). The van der Waals surface area contributed by atoms with Crippen molar-refractivity contribution in [1.82, 2.24) is 20.2 Å². The fourth-order valence-electron chi connectivity index (χ4n) is 2.92. The third-order valence-electron chi connectivity index (χ3n) is 4.33. The molecule has 0 aliphatic heterocycles. The summed E-state index contributed by atoms with van der Waals surface area (Å²) in [6, 6.07) is 10.5. The van der Waals surface area contributed by atoms with Gasteiger partial charge in [0.2, 0.25) is 0 Å². The molecule has 27 heavy (non-hydrogen) atoms. The van der Waals surface area contributed by atoms with Gasteiger partial charge in [0.1, 0.15) is 23.5 Å². The highest BCUT2D eigenvalue weighted by molar-refractivity contribution is 5.75. The standard InChI is InChI=1S/C20H20F2N4O/c1-13(14-7-3-5-9-16(14)21)24-20(27)25-18(19-23-11-12-26(19)2)15-8-4-6-10-17(15)22/h3-13,18H,1-2H3,(H2,24,25,27)/t13-,18-/m0/s1. The SMILES string of the molecule is C[C@H](NC(=O)N[C@@H](c1ccccc1F)c1nccn1C)c1ccccc1F. The molecule has 140 valence electrons. The molecule has 0 bridgehead atoms. The van der Waals surface area contributed by atoms with Crippen LogP contribution in [0.4, 0.5) is 13.6 Å². The second-order valence-electron chi connectivity index (χ2n) is 6.21. The van der Waals surface area contributed by atoms with E-state index in [2.05, 4.69) is 15.6 Å². The van der Waals surface area contributed by atoms with Gasteiger partial charge in [0, 0.05) is 30.6 Å². The lowest BCUT2D eigenvalue weighted by Gasteiger charge is -2.22. The summed E-state index contributed by atoms with van der Waals surface area (Å²) in [6.45, 7) is 1.68. The van der Waals surface area contributed by atoms with E-state index in [1.54, 1.807) is 67.3 Å². The molecule has 0 saturated carbocycles. The second kappa shape index (κ2) is 7.99. The molecule has 2 amide bonds. The molecular formula is C20H20F2N4O. The average molecular weight is 370 g/mol. The van der Waals surface area contributed by atoms with E-state index >= 15 is 0 Å². The summed E-state index contributed by atoms with van der Waals surface area (Å²) < 4.78 is 30.0. The highest BCUT2D eigenvalue weighted by Crippen LogP contribution is 2.23. The number of carbonyl (C=O) groups excluding carboxylic acids is 1. The van der Waals surface area contributed by atoms with Crippen LogP contribution in [-0.4, -0.2) is 15.6 Å². The van der Waals surface area contributed by atoms with Gasteiger partial charge >= 0.3 is 6.03 Å². The van der Waals surface area contributed by atoms with Crippen molar-refractivity contribution in [2.24, 2.45) is 7.05 Å². The minimum absolute atomic E-state index is 0.292. The lowest BCUT2D eigenvalue weighted by Crippen LogP contribution is -2.40. The predicted octanol–water partition coefficient (Wildman–Crippen LogP) is 3.85. The summed E-state index contributed by atoms with van der Waals surface area (Å²) in [6.07, 6.45) is 3.29. The maximum Gasteiger partial charge on any atom is 0.316 e. The zero-order valence-corrected chi connectivity index (χ0v) is 15.0. The molecule has 2 atom stereocenters. The van der Waals surface area contributed by atoms with E-state index in [0.29, 0.717) is 17.0 Å². The van der Waals surface area contributed by atoms with E-state index in [0.717, 1.165) is 0 Å². The molecular weight excluding hydrogens is 350 g/mol. The fraction of sp³-hybridized carbons (Fsp3) is 0.200. The number of rotatable bonds is 5. The number of nitrogens with zero attached hydrogens (tertiary/aromatic N) is 2. The molecule has 0 aliphatic rings. The molecule has 1 aromatic heterocycles. The number of aromatic nitrogens is 2. The van der Waals surface area contributed by atoms with Gasteiger partial charge in [0.05, 0.1) is 6.04 Å². The summed E-state index contributed by atoms with van der Waals surface area (Å²) in [7, 11) is 1.76. The highest BCUT2D eigenvalue weighted by atomic mass is 19.1. The fourth-order valence-corrected chi connectivity index (χ4v) is 2.92. The molecule has 0 unspecified atom stereocenters. The number of benzene rings is 2. The third kappa shape index (κ3) is 4.13. The largest absolute Gasteiger partial charge is 0.336 e. The van der Waals surface area contributed by atoms with Crippen molar-refractivity contribution in [3.63, 3.8) is 0 Å². The number of carbonyl (C=O) groups is 1. The summed E-state index contributed by atoms with van der Waals surface area (Å²) in [5.74, 6) is -0.373. The molecule has 3 aromatic rings. The molecule has 1 heterocycles. The van der Waals surface area contributed by atoms with Crippen LogP contribution in [0, 0.1) is 11.6 Å². The number of halogens is 2. The summed E-state index contributed by atoms with van der Waals surface area (Å²) in [5.41, 5.74) is 0.660. The van der Waals surface area contributed by atoms with Crippen LogP contribution in [0.1, 0.15) is 36.0 Å². The minimum Gasteiger partial charge on any atom is -0.336 e. The van der Waals surface area contributed by atoms with Crippen LogP contribution in [-0.2, 0) is 7.05 Å². The van der Waals surface area contributed by atoms with Gasteiger partial charge in [-0.2, -0.15) is 0 Å². The topological polar surface area (TPSA) is 59.0 Å². The lowest BCUT2D eigenvalue weighted by molar-refractivity contribution is 0.234. The lowest BCUT2D eigenvalue weighted by atomic mass is 10.1. The molecule has 0 radical (unpaired) electrons. The van der Waals surface area contributed by atoms with Crippen molar-refractivity contribution in [2.75, 3.05) is 0 Å². The van der Waals surface area contributed by atoms with Crippen LogP contribution >= 0.6 is 0 Å². The van der Waals surface area contributed by atoms with E-state index in [1.165, 1.54) is 12.1 Å². The first kappa shape index (κ1) is 18.6. The second-order valence-corrected chi connectivity index (χ2v) is 6.21. The number of aryl methyl sites for hydroxylation is 1.